The van der Waals surface area contributed by atoms with Crippen LogP contribution in [0.4, 0.5) is 0 Å². The molecule has 2 aliphatic rings. The van der Waals surface area contributed by atoms with Gasteiger partial charge in [-0.3, -0.25) is 9.59 Å². The molecule has 2 atom stereocenters. The molecule has 2 rings (SSSR count). The number of piperazine rings is 1. The van der Waals surface area contributed by atoms with Crippen molar-refractivity contribution in [3.05, 3.63) is 0 Å². The summed E-state index contributed by atoms with van der Waals surface area (Å²) in [6.45, 7) is 8.15. The van der Waals surface area contributed by atoms with Crippen molar-refractivity contribution in [1.29, 1.82) is 0 Å². The normalized spacial score (nSPS) is 30.5. The standard InChI is InChI=1S/C15H27N3O2/c1-11-6-5-7-16-12(11)10-13(19)18-9-8-17(4)14(20)15(18,2)3/h11-12,16H,5-10H2,1-4H3. The first-order chi connectivity index (χ1) is 9.34. The van der Waals surface area contributed by atoms with Crippen LogP contribution in [0.1, 0.15) is 40.0 Å². The van der Waals surface area contributed by atoms with Crippen LogP contribution in [0.2, 0.25) is 0 Å². The molecule has 2 amide bonds. The van der Waals surface area contributed by atoms with Crippen molar-refractivity contribution < 1.29 is 9.59 Å². The van der Waals surface area contributed by atoms with E-state index in [9.17, 15) is 9.59 Å². The van der Waals surface area contributed by atoms with E-state index in [4.69, 9.17) is 0 Å². The third kappa shape index (κ3) is 2.82. The highest BCUT2D eigenvalue weighted by molar-refractivity contribution is 5.91. The number of likely N-dealkylation sites (N-methyl/N-ethyl adjacent to an activating group) is 1. The minimum absolute atomic E-state index is 0.0294. The molecule has 5 heteroatoms. The monoisotopic (exact) mass is 281 g/mol. The zero-order valence-corrected chi connectivity index (χ0v) is 13.1. The van der Waals surface area contributed by atoms with E-state index >= 15 is 0 Å². The van der Waals surface area contributed by atoms with Gasteiger partial charge in [0, 0.05) is 32.6 Å². The molecule has 0 bridgehead atoms. The SMILES string of the molecule is CC1CCCNC1CC(=O)N1CCN(C)C(=O)C1(C)C. The minimum Gasteiger partial charge on any atom is -0.342 e. The van der Waals surface area contributed by atoms with Crippen molar-refractivity contribution in [3.8, 4) is 0 Å². The molecule has 0 aliphatic carbocycles. The van der Waals surface area contributed by atoms with E-state index in [-0.39, 0.29) is 17.9 Å². The van der Waals surface area contributed by atoms with Crippen molar-refractivity contribution in [2.45, 2.75) is 51.6 Å². The number of nitrogens with one attached hydrogen (secondary N) is 1. The fraction of sp³-hybridized carbons (Fsp3) is 0.867. The molecule has 114 valence electrons. The summed E-state index contributed by atoms with van der Waals surface area (Å²) in [5.41, 5.74) is -0.720. The summed E-state index contributed by atoms with van der Waals surface area (Å²) in [7, 11) is 1.80. The number of hydrogen-bond donors (Lipinski definition) is 1. The lowest BCUT2D eigenvalue weighted by Crippen LogP contribution is -2.64. The van der Waals surface area contributed by atoms with Crippen molar-refractivity contribution in [1.82, 2.24) is 15.1 Å². The summed E-state index contributed by atoms with van der Waals surface area (Å²) >= 11 is 0. The molecule has 0 spiro atoms. The third-order valence-corrected chi connectivity index (χ3v) is 4.83. The molecule has 2 unspecified atom stereocenters. The van der Waals surface area contributed by atoms with Crippen LogP contribution in [0.25, 0.3) is 0 Å². The van der Waals surface area contributed by atoms with Crippen LogP contribution >= 0.6 is 0 Å². The van der Waals surface area contributed by atoms with Crippen LogP contribution in [0.5, 0.6) is 0 Å². The van der Waals surface area contributed by atoms with E-state index in [1.54, 1.807) is 16.8 Å². The largest absolute Gasteiger partial charge is 0.342 e. The molecular formula is C15H27N3O2. The van der Waals surface area contributed by atoms with Gasteiger partial charge in [-0.05, 0) is 39.2 Å². The number of carbonyl (C=O) groups excluding carboxylic acids is 2. The van der Waals surface area contributed by atoms with Gasteiger partial charge in [0.25, 0.3) is 0 Å². The van der Waals surface area contributed by atoms with Crippen LogP contribution < -0.4 is 5.32 Å². The van der Waals surface area contributed by atoms with Gasteiger partial charge in [0.2, 0.25) is 11.8 Å². The van der Waals surface area contributed by atoms with Crippen LogP contribution in [0, 0.1) is 5.92 Å². The van der Waals surface area contributed by atoms with Crippen LogP contribution in [0.15, 0.2) is 0 Å². The quantitative estimate of drug-likeness (QED) is 0.816. The first kappa shape index (κ1) is 15.3. The van der Waals surface area contributed by atoms with Gasteiger partial charge in [0.1, 0.15) is 5.54 Å². The lowest BCUT2D eigenvalue weighted by atomic mass is 9.89. The molecular weight excluding hydrogens is 254 g/mol. The number of carbonyl (C=O) groups is 2. The summed E-state index contributed by atoms with van der Waals surface area (Å²) in [4.78, 5) is 28.3. The van der Waals surface area contributed by atoms with Crippen molar-refractivity contribution in [3.63, 3.8) is 0 Å². The molecule has 2 fully saturated rings. The second kappa shape index (κ2) is 5.72. The van der Waals surface area contributed by atoms with Gasteiger partial charge in [-0.1, -0.05) is 6.92 Å². The number of nitrogens with zero attached hydrogens (tertiary/aromatic N) is 2. The van der Waals surface area contributed by atoms with Gasteiger partial charge in [-0.25, -0.2) is 0 Å². The van der Waals surface area contributed by atoms with Crippen molar-refractivity contribution in [2.75, 3.05) is 26.7 Å². The maximum absolute atomic E-state index is 12.6. The lowest BCUT2D eigenvalue weighted by Gasteiger charge is -2.45. The van der Waals surface area contributed by atoms with E-state index in [0.29, 0.717) is 25.4 Å². The predicted octanol–water partition coefficient (Wildman–Crippen LogP) is 0.844. The minimum atomic E-state index is -0.720. The maximum atomic E-state index is 12.6. The van der Waals surface area contributed by atoms with Gasteiger partial charge in [0.15, 0.2) is 0 Å². The van der Waals surface area contributed by atoms with E-state index in [1.165, 1.54) is 12.8 Å². The summed E-state index contributed by atoms with van der Waals surface area (Å²) < 4.78 is 0. The molecule has 0 aromatic rings. The number of piperidine rings is 1. The lowest BCUT2D eigenvalue weighted by molar-refractivity contribution is -0.157. The number of hydrogen-bond acceptors (Lipinski definition) is 3. The smallest absolute Gasteiger partial charge is 0.247 e. The first-order valence-electron chi connectivity index (χ1n) is 7.63. The van der Waals surface area contributed by atoms with Crippen LogP contribution in [0.3, 0.4) is 0 Å². The number of amides is 2. The Morgan fingerprint density at radius 3 is 2.75 bits per heavy atom. The first-order valence-corrected chi connectivity index (χ1v) is 7.63. The molecule has 1 N–H and O–H groups in total. The molecule has 0 aromatic carbocycles. The van der Waals surface area contributed by atoms with Crippen molar-refractivity contribution >= 4 is 11.8 Å². The highest BCUT2D eigenvalue weighted by Crippen LogP contribution is 2.25. The Morgan fingerprint density at radius 1 is 1.40 bits per heavy atom. The summed E-state index contributed by atoms with van der Waals surface area (Å²) in [5, 5.41) is 3.44. The molecule has 2 saturated heterocycles. The van der Waals surface area contributed by atoms with Crippen molar-refractivity contribution in [2.24, 2.45) is 5.92 Å². The fourth-order valence-electron chi connectivity index (χ4n) is 3.34. The second-order valence-electron chi connectivity index (χ2n) is 6.72. The highest BCUT2D eigenvalue weighted by atomic mass is 16.2. The maximum Gasteiger partial charge on any atom is 0.247 e. The Morgan fingerprint density at radius 2 is 2.10 bits per heavy atom. The molecule has 0 radical (unpaired) electrons. The molecule has 5 nitrogen and oxygen atoms in total. The van der Waals surface area contributed by atoms with E-state index in [1.807, 2.05) is 13.8 Å². The summed E-state index contributed by atoms with van der Waals surface area (Å²) in [5.74, 6) is 0.656. The van der Waals surface area contributed by atoms with E-state index in [0.717, 1.165) is 6.54 Å². The zero-order valence-electron chi connectivity index (χ0n) is 13.1. The Bertz CT molecular complexity index is 395. The second-order valence-corrected chi connectivity index (χ2v) is 6.72. The average molecular weight is 281 g/mol. The van der Waals surface area contributed by atoms with Gasteiger partial charge in [-0.2, -0.15) is 0 Å². The van der Waals surface area contributed by atoms with Gasteiger partial charge in [0.05, 0.1) is 0 Å². The summed E-state index contributed by atoms with van der Waals surface area (Å²) in [6.07, 6.45) is 2.86. The molecule has 20 heavy (non-hydrogen) atoms. The molecule has 0 aromatic heterocycles. The predicted molar refractivity (Wildman–Crippen MR) is 78.2 cm³/mol. The Labute approximate surface area is 121 Å². The highest BCUT2D eigenvalue weighted by Gasteiger charge is 2.43. The molecule has 2 heterocycles. The Hall–Kier alpha value is -1.10. The summed E-state index contributed by atoms with van der Waals surface area (Å²) in [6, 6.07) is 0.252. The Balaban J connectivity index is 2.03. The average Bonchev–Trinajstić information content (AvgIpc) is 2.38. The zero-order chi connectivity index (χ0) is 14.9. The van der Waals surface area contributed by atoms with Gasteiger partial charge in [-0.15, -0.1) is 0 Å². The van der Waals surface area contributed by atoms with E-state index in [2.05, 4.69) is 12.2 Å². The third-order valence-electron chi connectivity index (χ3n) is 4.83. The van der Waals surface area contributed by atoms with Gasteiger partial charge < -0.3 is 15.1 Å². The van der Waals surface area contributed by atoms with E-state index < -0.39 is 5.54 Å². The molecule has 2 aliphatic heterocycles. The Kier molecular flexibility index (Phi) is 4.37. The number of rotatable bonds is 2. The van der Waals surface area contributed by atoms with Crippen LogP contribution in [-0.4, -0.2) is 59.9 Å². The molecule has 0 saturated carbocycles. The topological polar surface area (TPSA) is 52.7 Å². The van der Waals surface area contributed by atoms with Crippen LogP contribution in [-0.2, 0) is 9.59 Å². The van der Waals surface area contributed by atoms with Gasteiger partial charge >= 0.3 is 0 Å². The fourth-order valence-corrected chi connectivity index (χ4v) is 3.34.